The molecule has 1 aliphatic carbocycles. The minimum Gasteiger partial charge on any atom is -0.381 e. The molecule has 1 saturated carbocycles. The smallest absolute Gasteiger partial charge is 0.264 e. The number of H-pyrrole nitrogens is 1. The molecule has 1 fully saturated rings. The van der Waals surface area contributed by atoms with Crippen molar-refractivity contribution < 1.29 is 17.0 Å². The average Bonchev–Trinajstić information content (AvgIpc) is 3.33. The van der Waals surface area contributed by atoms with E-state index in [0.29, 0.717) is 12.5 Å². The van der Waals surface area contributed by atoms with Crippen LogP contribution in [0.1, 0.15) is 37.8 Å². The molecule has 2 heterocycles. The number of anilines is 1. The maximum absolute atomic E-state index is 14.1. The van der Waals surface area contributed by atoms with Crippen LogP contribution in [0.3, 0.4) is 0 Å². The Balaban J connectivity index is 1.52. The largest absolute Gasteiger partial charge is 0.381 e. The van der Waals surface area contributed by atoms with Crippen molar-refractivity contribution >= 4 is 43.5 Å². The Morgan fingerprint density at radius 3 is 2.86 bits per heavy atom. The molecule has 0 bridgehead atoms. The highest BCUT2D eigenvalue weighted by Gasteiger charge is 2.22. The van der Waals surface area contributed by atoms with Gasteiger partial charge in [0.05, 0.1) is 35.8 Å². The van der Waals surface area contributed by atoms with Crippen LogP contribution in [0, 0.1) is 5.82 Å². The molecule has 6 nitrogen and oxygen atoms in total. The van der Waals surface area contributed by atoms with Crippen LogP contribution in [0.5, 0.6) is 0 Å². The van der Waals surface area contributed by atoms with E-state index in [-0.39, 0.29) is 18.5 Å². The van der Waals surface area contributed by atoms with Gasteiger partial charge in [-0.05, 0) is 37.5 Å². The molecule has 28 heavy (non-hydrogen) atoms. The highest BCUT2D eigenvalue weighted by atomic mass is 32.2. The van der Waals surface area contributed by atoms with E-state index in [9.17, 15) is 12.8 Å². The zero-order chi connectivity index (χ0) is 19.7. The van der Waals surface area contributed by atoms with E-state index in [1.807, 2.05) is 6.07 Å². The Kier molecular flexibility index (Phi) is 5.66. The summed E-state index contributed by atoms with van der Waals surface area (Å²) in [4.78, 5) is 8.09. The quantitative estimate of drug-likeness (QED) is 0.658. The van der Waals surface area contributed by atoms with Gasteiger partial charge in [-0.1, -0.05) is 12.8 Å². The number of aromatic nitrogens is 1. The number of thioether (sulfide) groups is 1. The van der Waals surface area contributed by atoms with Crippen molar-refractivity contribution in [3.8, 4) is 0 Å². The van der Waals surface area contributed by atoms with E-state index in [1.165, 1.54) is 18.9 Å². The van der Waals surface area contributed by atoms with E-state index < -0.39 is 10.1 Å². The molecule has 2 aliphatic rings. The number of rotatable bonds is 7. The maximum atomic E-state index is 14.1. The summed E-state index contributed by atoms with van der Waals surface area (Å²) < 4.78 is 41.0. The lowest BCUT2D eigenvalue weighted by atomic mass is 10.2. The minimum absolute atomic E-state index is 0.0148. The zero-order valence-electron chi connectivity index (χ0n) is 15.7. The summed E-state index contributed by atoms with van der Waals surface area (Å²) in [5, 5.41) is 5.18. The molecule has 1 aromatic heterocycles. The van der Waals surface area contributed by atoms with Gasteiger partial charge in [-0.25, -0.2) is 4.39 Å². The highest BCUT2D eigenvalue weighted by molar-refractivity contribution is 8.14. The summed E-state index contributed by atoms with van der Waals surface area (Å²) in [6.07, 6.45) is 6.25. The number of fused-ring (bicyclic) bond motifs is 1. The van der Waals surface area contributed by atoms with E-state index in [4.69, 9.17) is 4.18 Å². The topological polar surface area (TPSA) is 83.5 Å². The van der Waals surface area contributed by atoms with Crippen LogP contribution in [0.4, 0.5) is 10.1 Å². The van der Waals surface area contributed by atoms with Gasteiger partial charge in [-0.2, -0.15) is 8.42 Å². The molecule has 1 aliphatic heterocycles. The number of halogens is 1. The van der Waals surface area contributed by atoms with Crippen LogP contribution < -0.4 is 5.32 Å². The molecule has 0 radical (unpaired) electrons. The van der Waals surface area contributed by atoms with Crippen molar-refractivity contribution in [2.75, 3.05) is 23.9 Å². The summed E-state index contributed by atoms with van der Waals surface area (Å²) in [5.74, 6) is 0.523. The van der Waals surface area contributed by atoms with E-state index in [0.717, 1.165) is 52.2 Å². The van der Waals surface area contributed by atoms with Gasteiger partial charge in [0.1, 0.15) is 10.9 Å². The van der Waals surface area contributed by atoms with E-state index in [1.54, 1.807) is 17.8 Å². The lowest BCUT2D eigenvalue weighted by Gasteiger charge is -2.14. The van der Waals surface area contributed by atoms with Gasteiger partial charge in [0.25, 0.3) is 10.1 Å². The Labute approximate surface area is 168 Å². The van der Waals surface area contributed by atoms with Crippen LogP contribution in [0.15, 0.2) is 23.2 Å². The summed E-state index contributed by atoms with van der Waals surface area (Å²) in [5.41, 5.74) is 2.57. The number of hydrogen-bond donors (Lipinski definition) is 2. The van der Waals surface area contributed by atoms with Crippen LogP contribution in [-0.2, 0) is 14.3 Å². The predicted molar refractivity (Wildman–Crippen MR) is 112 cm³/mol. The number of nitrogens with one attached hydrogen (secondary N) is 2. The molecule has 9 heteroatoms. The molecular formula is C19H24FN3O3S2. The Hall–Kier alpha value is -1.58. The third-order valence-electron chi connectivity index (χ3n) is 5.10. The summed E-state index contributed by atoms with van der Waals surface area (Å²) >= 11 is 1.62. The molecule has 152 valence electrons. The standard InChI is InChI=1S/C19H24FN3O3S2/c1-28(24,25)26-7-6-15-11-27-19(22-15)17-9-12-8-13(20)10-16(18(12)23-17)21-14-4-2-3-5-14/h8-10,14-15,21,23H,2-7,11H2,1H3. The maximum Gasteiger partial charge on any atom is 0.264 e. The molecule has 2 aromatic rings. The predicted octanol–water partition coefficient (Wildman–Crippen LogP) is 3.89. The van der Waals surface area contributed by atoms with Crippen molar-refractivity contribution in [2.24, 2.45) is 4.99 Å². The second-order valence-corrected chi connectivity index (χ2v) is 10.1. The first-order chi connectivity index (χ1) is 13.4. The fourth-order valence-corrected chi connectivity index (χ4v) is 5.25. The number of benzene rings is 1. The van der Waals surface area contributed by atoms with E-state index in [2.05, 4.69) is 15.3 Å². The Morgan fingerprint density at radius 2 is 2.11 bits per heavy atom. The normalized spacial score (nSPS) is 20.8. The van der Waals surface area contributed by atoms with E-state index >= 15 is 0 Å². The summed E-state index contributed by atoms with van der Waals surface area (Å²) in [6, 6.07) is 5.43. The second kappa shape index (κ2) is 8.04. The number of aromatic amines is 1. The molecule has 1 atom stereocenters. The SMILES string of the molecule is CS(=O)(=O)OCCC1CSC(c2cc3cc(F)cc(NC4CCCC4)c3[nH]2)=N1. The summed E-state index contributed by atoms with van der Waals surface area (Å²) in [7, 11) is -3.42. The molecule has 1 unspecified atom stereocenters. The average molecular weight is 426 g/mol. The first kappa shape index (κ1) is 19.7. The highest BCUT2D eigenvalue weighted by Crippen LogP contribution is 2.32. The van der Waals surface area contributed by atoms with Crippen LogP contribution >= 0.6 is 11.8 Å². The van der Waals surface area contributed by atoms with Gasteiger partial charge in [-0.15, -0.1) is 11.8 Å². The molecule has 1 aromatic carbocycles. The second-order valence-electron chi connectivity index (χ2n) is 7.44. The summed E-state index contributed by atoms with van der Waals surface area (Å²) in [6.45, 7) is 0.133. The molecule has 0 spiro atoms. The number of nitrogens with zero attached hydrogens (tertiary/aromatic N) is 1. The van der Waals surface area contributed by atoms with Crippen molar-refractivity contribution in [3.05, 3.63) is 29.7 Å². The lowest BCUT2D eigenvalue weighted by molar-refractivity contribution is 0.308. The van der Waals surface area contributed by atoms with Gasteiger partial charge >= 0.3 is 0 Å². The van der Waals surface area contributed by atoms with Crippen molar-refractivity contribution in [2.45, 2.75) is 44.2 Å². The van der Waals surface area contributed by atoms with Gasteiger partial charge < -0.3 is 10.3 Å². The van der Waals surface area contributed by atoms with Gasteiger partial charge in [0, 0.05) is 17.2 Å². The molecule has 0 amide bonds. The van der Waals surface area contributed by atoms with Crippen molar-refractivity contribution in [1.82, 2.24) is 4.98 Å². The Bertz CT molecular complexity index is 997. The molecule has 2 N–H and O–H groups in total. The van der Waals surface area contributed by atoms with Crippen molar-refractivity contribution in [1.29, 1.82) is 0 Å². The Morgan fingerprint density at radius 1 is 1.32 bits per heavy atom. The molecular weight excluding hydrogens is 401 g/mol. The molecule has 0 saturated heterocycles. The van der Waals surface area contributed by atoms with Crippen molar-refractivity contribution in [3.63, 3.8) is 0 Å². The van der Waals surface area contributed by atoms with Gasteiger partial charge in [-0.3, -0.25) is 9.18 Å². The van der Waals surface area contributed by atoms with Crippen LogP contribution in [0.2, 0.25) is 0 Å². The number of hydrogen-bond acceptors (Lipinski definition) is 6. The zero-order valence-corrected chi connectivity index (χ0v) is 17.3. The third-order valence-corrected chi connectivity index (χ3v) is 6.84. The first-order valence-electron chi connectivity index (χ1n) is 9.51. The van der Waals surface area contributed by atoms with Crippen LogP contribution in [0.25, 0.3) is 10.9 Å². The monoisotopic (exact) mass is 425 g/mol. The minimum atomic E-state index is -3.42. The van der Waals surface area contributed by atoms with Gasteiger partial charge in [0.2, 0.25) is 0 Å². The fourth-order valence-electron chi connectivity index (χ4n) is 3.77. The molecule has 4 rings (SSSR count). The van der Waals surface area contributed by atoms with Crippen LogP contribution in [-0.4, -0.2) is 49.1 Å². The first-order valence-corrected chi connectivity index (χ1v) is 12.3. The van der Waals surface area contributed by atoms with Gasteiger partial charge in [0.15, 0.2) is 0 Å². The lowest BCUT2D eigenvalue weighted by Crippen LogP contribution is -2.14. The third kappa shape index (κ3) is 4.69. The number of aliphatic imine (C=N–C) groups is 1. The fraction of sp³-hybridized carbons (Fsp3) is 0.526.